The van der Waals surface area contributed by atoms with Crippen molar-refractivity contribution in [2.75, 3.05) is 11.9 Å². The van der Waals surface area contributed by atoms with E-state index in [1.165, 1.54) is 10.9 Å². The van der Waals surface area contributed by atoms with E-state index in [-0.39, 0.29) is 24.2 Å². The molecule has 1 aromatic heterocycles. The number of hydrogen-bond donors (Lipinski definition) is 2. The monoisotopic (exact) mass is 319 g/mol. The minimum atomic E-state index is -0.426. The summed E-state index contributed by atoms with van der Waals surface area (Å²) in [6.07, 6.45) is 4.17. The van der Waals surface area contributed by atoms with Crippen LogP contribution in [0.4, 0.5) is 10.1 Å². The van der Waals surface area contributed by atoms with Crippen molar-refractivity contribution in [1.29, 1.82) is 0 Å². The minimum absolute atomic E-state index is 0.116. The van der Waals surface area contributed by atoms with Crippen LogP contribution in [0.3, 0.4) is 0 Å². The fraction of sp³-hybridized carbons (Fsp3) is 0.375. The number of anilines is 1. The lowest BCUT2D eigenvalue weighted by Gasteiger charge is -2.15. The Bertz CT molecular complexity index is 669. The molecule has 0 radical (unpaired) electrons. The Morgan fingerprint density at radius 1 is 1.45 bits per heavy atom. The van der Waals surface area contributed by atoms with Crippen LogP contribution in [-0.2, 0) is 4.79 Å². The van der Waals surface area contributed by atoms with Crippen molar-refractivity contribution in [2.45, 2.75) is 25.8 Å². The second-order valence-corrected chi connectivity index (χ2v) is 6.80. The quantitative estimate of drug-likeness (QED) is 0.859. The maximum atomic E-state index is 13.5. The lowest BCUT2D eigenvalue weighted by atomic mass is 10.2. The van der Waals surface area contributed by atoms with E-state index in [9.17, 15) is 9.18 Å². The van der Waals surface area contributed by atoms with Crippen LogP contribution in [0.1, 0.15) is 28.8 Å². The van der Waals surface area contributed by atoms with Gasteiger partial charge in [0.2, 0.25) is 5.91 Å². The molecule has 0 saturated heterocycles. The van der Waals surface area contributed by atoms with Gasteiger partial charge in [-0.25, -0.2) is 9.37 Å². The summed E-state index contributed by atoms with van der Waals surface area (Å²) in [4.78, 5) is 17.6. The summed E-state index contributed by atoms with van der Waals surface area (Å²) in [5.41, 5.74) is 0.211. The van der Waals surface area contributed by atoms with Gasteiger partial charge in [-0.1, -0.05) is 12.1 Å². The van der Waals surface area contributed by atoms with E-state index in [1.807, 2.05) is 13.1 Å². The highest BCUT2D eigenvalue weighted by molar-refractivity contribution is 7.11. The second kappa shape index (κ2) is 6.54. The van der Waals surface area contributed by atoms with Gasteiger partial charge in [0.25, 0.3) is 0 Å². The fourth-order valence-electron chi connectivity index (χ4n) is 2.36. The van der Waals surface area contributed by atoms with Crippen molar-refractivity contribution >= 4 is 22.9 Å². The van der Waals surface area contributed by atoms with E-state index in [0.29, 0.717) is 5.92 Å². The van der Waals surface area contributed by atoms with Gasteiger partial charge in [-0.05, 0) is 37.8 Å². The molecule has 1 atom stereocenters. The maximum absolute atomic E-state index is 13.5. The van der Waals surface area contributed by atoms with E-state index in [2.05, 4.69) is 15.6 Å². The van der Waals surface area contributed by atoms with Crippen LogP contribution in [0, 0.1) is 18.7 Å². The molecule has 1 aliphatic carbocycles. The molecular weight excluding hydrogens is 301 g/mol. The number of thiazole rings is 1. The smallest absolute Gasteiger partial charge is 0.238 e. The number of hydrogen-bond acceptors (Lipinski definition) is 4. The average molecular weight is 319 g/mol. The van der Waals surface area contributed by atoms with Crippen LogP contribution in [0.25, 0.3) is 0 Å². The van der Waals surface area contributed by atoms with Crippen LogP contribution in [-0.4, -0.2) is 17.4 Å². The molecule has 4 nitrogen and oxygen atoms in total. The molecule has 1 heterocycles. The zero-order valence-corrected chi connectivity index (χ0v) is 13.1. The van der Waals surface area contributed by atoms with Gasteiger partial charge < -0.3 is 5.32 Å². The van der Waals surface area contributed by atoms with E-state index < -0.39 is 5.82 Å². The first kappa shape index (κ1) is 15.1. The Kier molecular flexibility index (Phi) is 4.49. The number of halogens is 1. The topological polar surface area (TPSA) is 54.0 Å². The van der Waals surface area contributed by atoms with Crippen molar-refractivity contribution in [2.24, 2.45) is 5.92 Å². The summed E-state index contributed by atoms with van der Waals surface area (Å²) < 4.78 is 13.5. The van der Waals surface area contributed by atoms with E-state index in [0.717, 1.165) is 17.8 Å². The second-order valence-electron chi connectivity index (χ2n) is 5.53. The maximum Gasteiger partial charge on any atom is 0.238 e. The summed E-state index contributed by atoms with van der Waals surface area (Å²) in [6, 6.07) is 6.28. The Hall–Kier alpha value is -1.79. The summed E-state index contributed by atoms with van der Waals surface area (Å²) in [5, 5.41) is 6.88. The molecule has 22 heavy (non-hydrogen) atoms. The molecule has 1 fully saturated rings. The van der Waals surface area contributed by atoms with Gasteiger partial charge in [-0.3, -0.25) is 10.1 Å². The van der Waals surface area contributed by atoms with E-state index >= 15 is 0 Å². The fourth-order valence-corrected chi connectivity index (χ4v) is 3.30. The van der Waals surface area contributed by atoms with Crippen molar-refractivity contribution in [3.63, 3.8) is 0 Å². The predicted octanol–water partition coefficient (Wildman–Crippen LogP) is 3.27. The Labute approximate surface area is 132 Å². The predicted molar refractivity (Wildman–Crippen MR) is 85.3 cm³/mol. The molecule has 3 rings (SSSR count). The zero-order valence-electron chi connectivity index (χ0n) is 12.3. The molecule has 1 saturated carbocycles. The van der Waals surface area contributed by atoms with Crippen LogP contribution >= 0.6 is 11.3 Å². The van der Waals surface area contributed by atoms with Gasteiger partial charge in [0.05, 0.1) is 18.3 Å². The Balaban J connectivity index is 1.58. The third-order valence-corrected chi connectivity index (χ3v) is 4.62. The lowest BCUT2D eigenvalue weighted by Crippen LogP contribution is -2.32. The highest BCUT2D eigenvalue weighted by atomic mass is 32.1. The molecule has 1 amide bonds. The first-order valence-corrected chi connectivity index (χ1v) is 8.15. The van der Waals surface area contributed by atoms with Gasteiger partial charge in [-0.15, -0.1) is 11.3 Å². The molecule has 0 bridgehead atoms. The summed E-state index contributed by atoms with van der Waals surface area (Å²) in [7, 11) is 0. The number of aromatic nitrogens is 1. The Morgan fingerprint density at radius 2 is 2.23 bits per heavy atom. The number of carbonyl (C=O) groups excluding carboxylic acids is 1. The van der Waals surface area contributed by atoms with Crippen LogP contribution in [0.2, 0.25) is 0 Å². The first-order valence-electron chi connectivity index (χ1n) is 7.33. The summed E-state index contributed by atoms with van der Waals surface area (Å²) in [5.74, 6) is -0.124. The van der Waals surface area contributed by atoms with Gasteiger partial charge in [0.15, 0.2) is 0 Å². The highest BCUT2D eigenvalue weighted by Gasteiger charge is 2.34. The number of nitrogens with zero attached hydrogens (tertiary/aromatic N) is 1. The van der Waals surface area contributed by atoms with Crippen molar-refractivity contribution in [3.05, 3.63) is 46.2 Å². The molecule has 1 unspecified atom stereocenters. The number of rotatable bonds is 6. The summed E-state index contributed by atoms with van der Waals surface area (Å²) in [6.45, 7) is 2.17. The zero-order chi connectivity index (χ0) is 15.5. The van der Waals surface area contributed by atoms with E-state index in [1.54, 1.807) is 29.5 Å². The molecule has 6 heteroatoms. The molecule has 2 aromatic rings. The third-order valence-electron chi connectivity index (χ3n) is 3.63. The standard InChI is InChI=1S/C16H18FN3OS/c1-10-8-19-16(22-10)15(11-6-7-11)18-9-14(21)20-13-5-3-2-4-12(13)17/h2-5,8,11,15,18H,6-7,9H2,1H3,(H,20,21). The lowest BCUT2D eigenvalue weighted by molar-refractivity contribution is -0.115. The molecule has 2 N–H and O–H groups in total. The third kappa shape index (κ3) is 3.69. The van der Waals surface area contributed by atoms with Crippen molar-refractivity contribution in [1.82, 2.24) is 10.3 Å². The highest BCUT2D eigenvalue weighted by Crippen LogP contribution is 2.41. The number of carbonyl (C=O) groups is 1. The molecular formula is C16H18FN3OS. The number of aryl methyl sites for hydroxylation is 1. The molecule has 0 spiro atoms. The number of amides is 1. The normalized spacial score (nSPS) is 15.5. The van der Waals surface area contributed by atoms with Crippen LogP contribution in [0.15, 0.2) is 30.5 Å². The molecule has 1 aromatic carbocycles. The van der Waals surface area contributed by atoms with Crippen molar-refractivity contribution < 1.29 is 9.18 Å². The Morgan fingerprint density at radius 3 is 2.86 bits per heavy atom. The number of nitrogens with one attached hydrogen (secondary N) is 2. The largest absolute Gasteiger partial charge is 0.322 e. The first-order chi connectivity index (χ1) is 10.6. The number of para-hydroxylation sites is 1. The SMILES string of the molecule is Cc1cnc(C(NCC(=O)Nc2ccccc2F)C2CC2)s1. The van der Waals surface area contributed by atoms with Gasteiger partial charge in [0, 0.05) is 11.1 Å². The number of benzene rings is 1. The van der Waals surface area contributed by atoms with Crippen molar-refractivity contribution in [3.8, 4) is 0 Å². The average Bonchev–Trinajstić information content (AvgIpc) is 3.24. The molecule has 1 aliphatic rings. The summed E-state index contributed by atoms with van der Waals surface area (Å²) >= 11 is 1.66. The van der Waals surface area contributed by atoms with Gasteiger partial charge >= 0.3 is 0 Å². The van der Waals surface area contributed by atoms with Gasteiger partial charge in [-0.2, -0.15) is 0 Å². The minimum Gasteiger partial charge on any atom is -0.322 e. The van der Waals surface area contributed by atoms with Crippen LogP contribution in [0.5, 0.6) is 0 Å². The molecule has 0 aliphatic heterocycles. The van der Waals surface area contributed by atoms with E-state index in [4.69, 9.17) is 0 Å². The van der Waals surface area contributed by atoms with Crippen LogP contribution < -0.4 is 10.6 Å². The van der Waals surface area contributed by atoms with Gasteiger partial charge in [0.1, 0.15) is 10.8 Å². The molecule has 116 valence electrons.